The summed E-state index contributed by atoms with van der Waals surface area (Å²) in [5, 5.41) is 1.81. The highest BCUT2D eigenvalue weighted by atomic mass is 19.4. The zero-order valence-corrected chi connectivity index (χ0v) is 13.6. The number of amides is 2. The lowest BCUT2D eigenvalue weighted by molar-refractivity contribution is -0.167. The molecule has 0 saturated carbocycles. The van der Waals surface area contributed by atoms with Crippen LogP contribution in [-0.2, 0) is 9.59 Å². The Morgan fingerprint density at radius 3 is 2.04 bits per heavy atom. The fourth-order valence-corrected chi connectivity index (χ4v) is 2.51. The van der Waals surface area contributed by atoms with Crippen molar-refractivity contribution in [2.45, 2.75) is 20.0 Å². The average Bonchev–Trinajstić information content (AvgIpc) is 2.54. The molecule has 1 N–H and O–H groups in total. The summed E-state index contributed by atoms with van der Waals surface area (Å²) in [6, 6.07) is 6.19. The molecule has 1 aromatic carbocycles. The number of nitrogens with zero attached hydrogens (tertiary/aromatic N) is 2. The molecule has 1 saturated heterocycles. The predicted octanol–water partition coefficient (Wildman–Crippen LogP) is 2.49. The lowest BCUT2D eigenvalue weighted by atomic mass is 10.1. The third kappa shape index (κ3) is 4.39. The molecule has 2 amide bonds. The molecule has 2 rings (SSSR count). The van der Waals surface area contributed by atoms with Gasteiger partial charge in [0, 0.05) is 43.5 Å². The van der Waals surface area contributed by atoms with Crippen LogP contribution in [0, 0.1) is 5.92 Å². The van der Waals surface area contributed by atoms with Crippen molar-refractivity contribution in [3.8, 4) is 0 Å². The summed E-state index contributed by atoms with van der Waals surface area (Å²) in [5.74, 6) is -1.90. The summed E-state index contributed by atoms with van der Waals surface area (Å²) in [4.78, 5) is 26.7. The Hall–Kier alpha value is -2.25. The van der Waals surface area contributed by atoms with E-state index in [4.69, 9.17) is 0 Å². The smallest absolute Gasteiger partial charge is 0.368 e. The van der Waals surface area contributed by atoms with E-state index in [0.29, 0.717) is 26.2 Å². The molecule has 0 aromatic heterocycles. The van der Waals surface area contributed by atoms with Crippen LogP contribution in [0.3, 0.4) is 0 Å². The molecule has 0 spiro atoms. The van der Waals surface area contributed by atoms with Gasteiger partial charge >= 0.3 is 12.1 Å². The second-order valence-electron chi connectivity index (χ2n) is 5.97. The molecule has 1 aromatic rings. The molecular weight excluding hydrogens is 323 g/mol. The maximum atomic E-state index is 12.2. The molecule has 0 unspecified atom stereocenters. The summed E-state index contributed by atoms with van der Waals surface area (Å²) < 4.78 is 36.6. The lowest BCUT2D eigenvalue weighted by Gasteiger charge is -2.37. The predicted molar refractivity (Wildman–Crippen MR) is 84.8 cm³/mol. The minimum Gasteiger partial charge on any atom is -0.368 e. The Bertz CT molecular complexity index is 592. The van der Waals surface area contributed by atoms with Crippen molar-refractivity contribution in [2.24, 2.45) is 5.92 Å². The van der Waals surface area contributed by atoms with E-state index in [1.165, 1.54) is 12.1 Å². The van der Waals surface area contributed by atoms with Crippen molar-refractivity contribution in [3.63, 3.8) is 0 Å². The third-order valence-corrected chi connectivity index (χ3v) is 3.83. The van der Waals surface area contributed by atoms with Crippen molar-refractivity contribution in [2.75, 3.05) is 36.4 Å². The molecule has 1 aliphatic heterocycles. The summed E-state index contributed by atoms with van der Waals surface area (Å²) in [6.45, 7) is 6.28. The Kier molecular flexibility index (Phi) is 5.36. The Labute approximate surface area is 138 Å². The first-order chi connectivity index (χ1) is 11.2. The fraction of sp³-hybridized carbons (Fsp3) is 0.500. The number of rotatable bonds is 3. The van der Waals surface area contributed by atoms with Gasteiger partial charge in [0.15, 0.2) is 0 Å². The van der Waals surface area contributed by atoms with Crippen LogP contribution in [0.1, 0.15) is 13.8 Å². The van der Waals surface area contributed by atoms with Crippen molar-refractivity contribution < 1.29 is 22.8 Å². The van der Waals surface area contributed by atoms with Gasteiger partial charge in [-0.05, 0) is 24.3 Å². The lowest BCUT2D eigenvalue weighted by Crippen LogP contribution is -2.49. The Morgan fingerprint density at radius 1 is 1.04 bits per heavy atom. The van der Waals surface area contributed by atoms with Gasteiger partial charge in [0.05, 0.1) is 0 Å². The highest BCUT2D eigenvalue weighted by Gasteiger charge is 2.38. The highest BCUT2D eigenvalue weighted by Crippen LogP contribution is 2.22. The second-order valence-corrected chi connectivity index (χ2v) is 5.97. The molecular formula is C16H20F3N3O2. The van der Waals surface area contributed by atoms with Crippen LogP contribution in [0.25, 0.3) is 0 Å². The van der Waals surface area contributed by atoms with Crippen molar-refractivity contribution >= 4 is 23.2 Å². The summed E-state index contributed by atoms with van der Waals surface area (Å²) in [5.41, 5.74) is 0.936. The number of carbonyl (C=O) groups excluding carboxylic acids is 2. The molecule has 0 aliphatic carbocycles. The summed E-state index contributed by atoms with van der Waals surface area (Å²) in [6.07, 6.45) is -4.90. The molecule has 1 heterocycles. The van der Waals surface area contributed by atoms with Crippen LogP contribution >= 0.6 is 0 Å². The first kappa shape index (κ1) is 18.1. The number of anilines is 2. The van der Waals surface area contributed by atoms with E-state index >= 15 is 0 Å². The number of hydrogen-bond donors (Lipinski definition) is 1. The molecule has 5 nitrogen and oxygen atoms in total. The minimum absolute atomic E-state index is 0.0342. The summed E-state index contributed by atoms with van der Waals surface area (Å²) >= 11 is 0. The van der Waals surface area contributed by atoms with Gasteiger partial charge in [-0.25, -0.2) is 0 Å². The molecule has 0 bridgehead atoms. The number of carbonyl (C=O) groups is 2. The van der Waals surface area contributed by atoms with Crippen LogP contribution in [0.5, 0.6) is 0 Å². The van der Waals surface area contributed by atoms with Gasteiger partial charge in [0.25, 0.3) is 0 Å². The van der Waals surface area contributed by atoms with Gasteiger partial charge in [-0.1, -0.05) is 13.8 Å². The standard InChI is InChI=1S/C16H20F3N3O2/c1-11(2)14(23)22-9-7-21(8-10-22)13-5-3-12(4-6-13)20-15(24)16(17,18)19/h3-6,11H,7-10H2,1-2H3,(H,20,24). The third-order valence-electron chi connectivity index (χ3n) is 3.83. The number of alkyl halides is 3. The number of halogens is 3. The largest absolute Gasteiger partial charge is 0.471 e. The zero-order valence-electron chi connectivity index (χ0n) is 13.6. The van der Waals surface area contributed by atoms with Gasteiger partial charge in [0.1, 0.15) is 0 Å². The van der Waals surface area contributed by atoms with Gasteiger partial charge in [0.2, 0.25) is 5.91 Å². The van der Waals surface area contributed by atoms with E-state index < -0.39 is 12.1 Å². The SMILES string of the molecule is CC(C)C(=O)N1CCN(c2ccc(NC(=O)C(F)(F)F)cc2)CC1. The Balaban J connectivity index is 1.93. The number of hydrogen-bond acceptors (Lipinski definition) is 3. The topological polar surface area (TPSA) is 52.7 Å². The summed E-state index contributed by atoms with van der Waals surface area (Å²) in [7, 11) is 0. The van der Waals surface area contributed by atoms with E-state index in [1.807, 2.05) is 24.1 Å². The normalized spacial score (nSPS) is 15.6. The Morgan fingerprint density at radius 2 is 1.58 bits per heavy atom. The van der Waals surface area contributed by atoms with Gasteiger partial charge in [-0.15, -0.1) is 0 Å². The fourth-order valence-electron chi connectivity index (χ4n) is 2.51. The van der Waals surface area contributed by atoms with Gasteiger partial charge < -0.3 is 15.1 Å². The molecule has 8 heteroatoms. The minimum atomic E-state index is -4.90. The first-order valence-corrected chi connectivity index (χ1v) is 7.70. The van der Waals surface area contributed by atoms with Crippen molar-refractivity contribution in [3.05, 3.63) is 24.3 Å². The van der Waals surface area contributed by atoms with Crippen molar-refractivity contribution in [1.29, 1.82) is 0 Å². The van der Waals surface area contributed by atoms with E-state index in [1.54, 1.807) is 12.1 Å². The van der Waals surface area contributed by atoms with Gasteiger partial charge in [-0.2, -0.15) is 13.2 Å². The molecule has 24 heavy (non-hydrogen) atoms. The quantitative estimate of drug-likeness (QED) is 0.917. The van der Waals surface area contributed by atoms with Crippen LogP contribution in [0.4, 0.5) is 24.5 Å². The number of nitrogens with one attached hydrogen (secondary N) is 1. The molecule has 1 fully saturated rings. The van der Waals surface area contributed by atoms with E-state index in [-0.39, 0.29) is 17.5 Å². The molecule has 132 valence electrons. The number of piperazine rings is 1. The number of benzene rings is 1. The van der Waals surface area contributed by atoms with Crippen LogP contribution in [0.2, 0.25) is 0 Å². The molecule has 0 atom stereocenters. The van der Waals surface area contributed by atoms with Crippen LogP contribution < -0.4 is 10.2 Å². The van der Waals surface area contributed by atoms with E-state index in [2.05, 4.69) is 4.90 Å². The van der Waals surface area contributed by atoms with Crippen LogP contribution in [-0.4, -0.2) is 49.1 Å². The monoisotopic (exact) mass is 343 g/mol. The molecule has 0 radical (unpaired) electrons. The van der Waals surface area contributed by atoms with E-state index in [0.717, 1.165) is 5.69 Å². The highest BCUT2D eigenvalue weighted by molar-refractivity contribution is 5.95. The van der Waals surface area contributed by atoms with Crippen molar-refractivity contribution in [1.82, 2.24) is 4.90 Å². The van der Waals surface area contributed by atoms with E-state index in [9.17, 15) is 22.8 Å². The van der Waals surface area contributed by atoms with Crippen LogP contribution in [0.15, 0.2) is 24.3 Å². The second kappa shape index (κ2) is 7.11. The first-order valence-electron chi connectivity index (χ1n) is 7.70. The molecule has 1 aliphatic rings. The maximum absolute atomic E-state index is 12.2. The zero-order chi connectivity index (χ0) is 17.9. The van der Waals surface area contributed by atoms with Gasteiger partial charge in [-0.3, -0.25) is 9.59 Å². The maximum Gasteiger partial charge on any atom is 0.471 e. The average molecular weight is 343 g/mol.